The largest absolute Gasteiger partial charge is 0.367 e. The Labute approximate surface area is 100 Å². The zero-order valence-electron chi connectivity index (χ0n) is 9.20. The number of halogens is 1. The summed E-state index contributed by atoms with van der Waals surface area (Å²) in [6.45, 7) is 2.26. The molecule has 4 heteroatoms. The number of hydrogen-bond donors (Lipinski definition) is 1. The lowest BCUT2D eigenvalue weighted by Crippen LogP contribution is -2.16. The summed E-state index contributed by atoms with van der Waals surface area (Å²) in [4.78, 5) is 4.18. The van der Waals surface area contributed by atoms with Gasteiger partial charge in [-0.1, -0.05) is 18.5 Å². The van der Waals surface area contributed by atoms with Crippen LogP contribution in [-0.4, -0.2) is 11.0 Å². The standard InChI is InChI=1S/C12H14ClN3/c1-8-2-3-9(6-8)15-12-5-4-10(13)11(7-14)16-12/h4-5,8-9H,2-3,6H2,1H3,(H,15,16). The maximum atomic E-state index is 8.82. The Bertz CT molecular complexity index is 425. The monoisotopic (exact) mass is 235 g/mol. The van der Waals surface area contributed by atoms with E-state index in [9.17, 15) is 0 Å². The highest BCUT2D eigenvalue weighted by Gasteiger charge is 2.21. The van der Waals surface area contributed by atoms with E-state index in [2.05, 4.69) is 17.2 Å². The summed E-state index contributed by atoms with van der Waals surface area (Å²) in [5.41, 5.74) is 0.290. The van der Waals surface area contributed by atoms with Crippen molar-refractivity contribution in [2.24, 2.45) is 5.92 Å². The molecule has 0 spiro atoms. The summed E-state index contributed by atoms with van der Waals surface area (Å²) >= 11 is 5.82. The van der Waals surface area contributed by atoms with Gasteiger partial charge in [-0.2, -0.15) is 5.26 Å². The number of nitrogens with one attached hydrogen (secondary N) is 1. The molecule has 0 amide bonds. The predicted octanol–water partition coefficient (Wildman–Crippen LogP) is 3.21. The van der Waals surface area contributed by atoms with Crippen molar-refractivity contribution < 1.29 is 0 Å². The van der Waals surface area contributed by atoms with Crippen molar-refractivity contribution in [3.05, 3.63) is 22.8 Å². The first kappa shape index (κ1) is 11.2. The molecule has 0 radical (unpaired) electrons. The van der Waals surface area contributed by atoms with Gasteiger partial charge in [0, 0.05) is 6.04 Å². The van der Waals surface area contributed by atoms with E-state index in [0.717, 1.165) is 11.7 Å². The molecule has 1 N–H and O–H groups in total. The molecule has 0 aliphatic heterocycles. The highest BCUT2D eigenvalue weighted by atomic mass is 35.5. The van der Waals surface area contributed by atoms with E-state index in [-0.39, 0.29) is 5.69 Å². The van der Waals surface area contributed by atoms with Crippen molar-refractivity contribution in [2.45, 2.75) is 32.2 Å². The smallest absolute Gasteiger partial charge is 0.161 e. The van der Waals surface area contributed by atoms with E-state index in [1.807, 2.05) is 12.1 Å². The first-order valence-corrected chi connectivity index (χ1v) is 5.90. The Morgan fingerprint density at radius 3 is 2.94 bits per heavy atom. The van der Waals surface area contributed by atoms with Crippen molar-refractivity contribution in [1.82, 2.24) is 4.98 Å². The second-order valence-corrected chi connectivity index (χ2v) is 4.81. The van der Waals surface area contributed by atoms with Crippen LogP contribution in [0.15, 0.2) is 12.1 Å². The van der Waals surface area contributed by atoms with E-state index in [1.165, 1.54) is 19.3 Å². The summed E-state index contributed by atoms with van der Waals surface area (Å²) in [6, 6.07) is 6.01. The van der Waals surface area contributed by atoms with Crippen molar-refractivity contribution in [2.75, 3.05) is 5.32 Å². The molecule has 16 heavy (non-hydrogen) atoms. The van der Waals surface area contributed by atoms with Crippen LogP contribution in [0.3, 0.4) is 0 Å². The molecule has 1 aliphatic carbocycles. The average molecular weight is 236 g/mol. The zero-order chi connectivity index (χ0) is 11.5. The molecule has 1 aromatic rings. The molecule has 1 heterocycles. The Morgan fingerprint density at radius 2 is 2.31 bits per heavy atom. The summed E-state index contributed by atoms with van der Waals surface area (Å²) in [5, 5.41) is 12.6. The highest BCUT2D eigenvalue weighted by molar-refractivity contribution is 6.31. The van der Waals surface area contributed by atoms with Crippen LogP contribution >= 0.6 is 11.6 Å². The SMILES string of the molecule is CC1CCC(Nc2ccc(Cl)c(C#N)n2)C1. The van der Waals surface area contributed by atoms with Gasteiger partial charge < -0.3 is 5.32 Å². The Balaban J connectivity index is 2.08. The maximum absolute atomic E-state index is 8.82. The van der Waals surface area contributed by atoms with Crippen LogP contribution < -0.4 is 5.32 Å². The van der Waals surface area contributed by atoms with Crippen LogP contribution in [0.25, 0.3) is 0 Å². The molecule has 2 atom stereocenters. The van der Waals surface area contributed by atoms with Crippen molar-refractivity contribution in [3.8, 4) is 6.07 Å². The fourth-order valence-electron chi connectivity index (χ4n) is 2.15. The molecule has 1 fully saturated rings. The molecule has 2 unspecified atom stereocenters. The van der Waals surface area contributed by atoms with Crippen LogP contribution in [0, 0.1) is 17.2 Å². The van der Waals surface area contributed by atoms with E-state index >= 15 is 0 Å². The second-order valence-electron chi connectivity index (χ2n) is 4.40. The van der Waals surface area contributed by atoms with E-state index in [1.54, 1.807) is 6.07 Å². The zero-order valence-corrected chi connectivity index (χ0v) is 9.96. The molecule has 1 aliphatic rings. The van der Waals surface area contributed by atoms with Crippen LogP contribution in [0.5, 0.6) is 0 Å². The molecule has 1 saturated carbocycles. The van der Waals surface area contributed by atoms with Gasteiger partial charge >= 0.3 is 0 Å². The summed E-state index contributed by atoms with van der Waals surface area (Å²) in [7, 11) is 0. The molecular weight excluding hydrogens is 222 g/mol. The second kappa shape index (κ2) is 4.71. The fraction of sp³-hybridized carbons (Fsp3) is 0.500. The Hall–Kier alpha value is -1.27. The van der Waals surface area contributed by atoms with Crippen molar-refractivity contribution in [1.29, 1.82) is 5.26 Å². The Kier molecular flexibility index (Phi) is 3.31. The third-order valence-electron chi connectivity index (χ3n) is 3.00. The lowest BCUT2D eigenvalue weighted by molar-refractivity contribution is 0.602. The maximum Gasteiger partial charge on any atom is 0.161 e. The number of nitriles is 1. The van der Waals surface area contributed by atoms with Crippen molar-refractivity contribution >= 4 is 17.4 Å². The first-order valence-electron chi connectivity index (χ1n) is 5.52. The molecule has 0 bridgehead atoms. The van der Waals surface area contributed by atoms with Gasteiger partial charge in [-0.3, -0.25) is 0 Å². The van der Waals surface area contributed by atoms with Gasteiger partial charge in [-0.25, -0.2) is 4.98 Å². The summed E-state index contributed by atoms with van der Waals surface area (Å²) in [5.74, 6) is 1.53. The number of hydrogen-bond acceptors (Lipinski definition) is 3. The van der Waals surface area contributed by atoms with Crippen molar-refractivity contribution in [3.63, 3.8) is 0 Å². The molecule has 84 valence electrons. The van der Waals surface area contributed by atoms with Gasteiger partial charge in [0.1, 0.15) is 11.9 Å². The van der Waals surface area contributed by atoms with Crippen LogP contribution in [0.4, 0.5) is 5.82 Å². The van der Waals surface area contributed by atoms with Crippen LogP contribution in [0.1, 0.15) is 31.9 Å². The predicted molar refractivity (Wildman–Crippen MR) is 64.4 cm³/mol. The third-order valence-corrected chi connectivity index (χ3v) is 3.30. The summed E-state index contributed by atoms with van der Waals surface area (Å²) < 4.78 is 0. The molecule has 0 aromatic carbocycles. The molecule has 1 aromatic heterocycles. The minimum absolute atomic E-state index is 0.290. The summed E-state index contributed by atoms with van der Waals surface area (Å²) in [6.07, 6.45) is 3.61. The van der Waals surface area contributed by atoms with E-state index in [4.69, 9.17) is 16.9 Å². The minimum Gasteiger partial charge on any atom is -0.367 e. The molecule has 3 nitrogen and oxygen atoms in total. The van der Waals surface area contributed by atoms with Gasteiger partial charge in [0.2, 0.25) is 0 Å². The first-order chi connectivity index (χ1) is 7.69. The topological polar surface area (TPSA) is 48.7 Å². The fourth-order valence-corrected chi connectivity index (χ4v) is 2.30. The molecular formula is C12H14ClN3. The van der Waals surface area contributed by atoms with Crippen LogP contribution in [0.2, 0.25) is 5.02 Å². The highest BCUT2D eigenvalue weighted by Crippen LogP contribution is 2.27. The average Bonchev–Trinajstić information content (AvgIpc) is 2.67. The number of anilines is 1. The molecule has 2 rings (SSSR count). The van der Waals surface area contributed by atoms with Crippen LogP contribution in [-0.2, 0) is 0 Å². The lowest BCUT2D eigenvalue weighted by Gasteiger charge is -2.13. The van der Waals surface area contributed by atoms with E-state index in [0.29, 0.717) is 11.1 Å². The number of pyridine rings is 1. The Morgan fingerprint density at radius 1 is 1.50 bits per heavy atom. The normalized spacial score (nSPS) is 24.1. The van der Waals surface area contributed by atoms with Gasteiger partial charge in [0.25, 0.3) is 0 Å². The third kappa shape index (κ3) is 2.45. The number of nitrogens with zero attached hydrogens (tertiary/aromatic N) is 2. The van der Waals surface area contributed by atoms with E-state index < -0.39 is 0 Å². The minimum atomic E-state index is 0.290. The quantitative estimate of drug-likeness (QED) is 0.856. The number of aromatic nitrogens is 1. The molecule has 0 saturated heterocycles. The van der Waals surface area contributed by atoms with Gasteiger partial charge in [-0.15, -0.1) is 0 Å². The lowest BCUT2D eigenvalue weighted by atomic mass is 10.1. The van der Waals surface area contributed by atoms with Gasteiger partial charge in [0.15, 0.2) is 5.69 Å². The van der Waals surface area contributed by atoms with Gasteiger partial charge in [0.05, 0.1) is 5.02 Å². The number of rotatable bonds is 2. The van der Waals surface area contributed by atoms with Gasteiger partial charge in [-0.05, 0) is 37.3 Å².